The summed E-state index contributed by atoms with van der Waals surface area (Å²) in [5.41, 5.74) is 0.455. The highest BCUT2D eigenvalue weighted by Crippen LogP contribution is 2.54. The monoisotopic (exact) mass is 714 g/mol. The number of imide groups is 1. The van der Waals surface area contributed by atoms with E-state index in [2.05, 4.69) is 40.3 Å². The summed E-state index contributed by atoms with van der Waals surface area (Å²) in [4.78, 5) is 96.3. The number of hydrogen-bond acceptors (Lipinski definition) is 7. The van der Waals surface area contributed by atoms with E-state index in [0.717, 1.165) is 10.5 Å². The highest BCUT2D eigenvalue weighted by Gasteiger charge is 2.61. The predicted octanol–water partition coefficient (Wildman–Crippen LogP) is 2.12. The number of benzene rings is 1. The first-order valence-electron chi connectivity index (χ1n) is 17.5. The Kier molecular flexibility index (Phi) is 11.8. The van der Waals surface area contributed by atoms with Crippen molar-refractivity contribution in [2.75, 3.05) is 19.6 Å². The molecule has 4 N–H and O–H groups in total. The minimum absolute atomic E-state index is 0.0146. The van der Waals surface area contributed by atoms with Crippen LogP contribution in [0.1, 0.15) is 70.3 Å². The normalized spacial score (nSPS) is 21.1. The Balaban J connectivity index is 1.52. The van der Waals surface area contributed by atoms with Crippen molar-refractivity contribution in [2.24, 2.45) is 22.7 Å². The molecule has 7 amide bonds. The Bertz CT molecular complexity index is 1710. The lowest BCUT2D eigenvalue weighted by Gasteiger charge is -2.39. The van der Waals surface area contributed by atoms with E-state index < -0.39 is 70.4 Å². The largest absolute Gasteiger partial charge is 0.346 e. The molecule has 1 saturated heterocycles. The van der Waals surface area contributed by atoms with Crippen molar-refractivity contribution in [2.45, 2.75) is 85.0 Å². The number of piperidine rings is 1. The number of nitrogens with zero attached hydrogens (tertiary/aromatic N) is 2. The molecule has 0 aromatic heterocycles. The van der Waals surface area contributed by atoms with Crippen LogP contribution >= 0.6 is 0 Å². The summed E-state index contributed by atoms with van der Waals surface area (Å²) in [5, 5.41) is 10.8. The third-order valence-electron chi connectivity index (χ3n) is 9.93. The summed E-state index contributed by atoms with van der Waals surface area (Å²) in [7, 11) is 0. The summed E-state index contributed by atoms with van der Waals surface area (Å²) in [6.07, 6.45) is 7.02. The highest BCUT2D eigenvalue weighted by atomic mass is 16.2. The Hall–Kier alpha value is -5.25. The van der Waals surface area contributed by atoms with Crippen LogP contribution < -0.4 is 21.3 Å². The molecule has 0 spiro atoms. The molecule has 1 aromatic rings. The standard InChI is InChI=1S/C39H50N6O7/c1-10-12-17-26(31(47)34(49)40-18-11-2)41-33(48)30-29-22(3)25(29)20-45(30)36(51)32(39(7,8)9)43-37(52)42-27(38(4,5)6)21-44-28(46)19-23-15-13-14-16-24(23)35(44)50/h1,11,13-16,25-27,29-30,32H,2-3,12,17-21H2,4-9H3,(H,40,49)(H,41,48)(H2,42,43,52)/t25-,26?,27-,29+,30+,32-/m1/s1. The SMILES string of the molecule is C#CCCC(NC(=O)[C@@H]1[C@H]2C(=C)[C@H]2CN1C(=O)[C@@H](NC(=O)N[C@H](CN1C(=O)Cc2ccccc2C1=O)C(C)(C)C)C(C)(C)C)C(=O)C(=O)NCC=C. The average molecular weight is 715 g/mol. The number of terminal acetylenes is 1. The second-order valence-corrected chi connectivity index (χ2v) is 15.8. The lowest BCUT2D eigenvalue weighted by molar-refractivity contribution is -0.144. The molecule has 1 saturated carbocycles. The molecule has 1 aromatic carbocycles. The molecule has 4 rings (SSSR count). The van der Waals surface area contributed by atoms with Crippen molar-refractivity contribution in [1.29, 1.82) is 0 Å². The van der Waals surface area contributed by atoms with Crippen molar-refractivity contribution in [3.05, 3.63) is 60.2 Å². The molecule has 6 atom stereocenters. The quantitative estimate of drug-likeness (QED) is 0.105. The molecule has 2 heterocycles. The minimum atomic E-state index is -1.22. The van der Waals surface area contributed by atoms with Crippen LogP contribution in [0.5, 0.6) is 0 Å². The van der Waals surface area contributed by atoms with E-state index in [1.165, 1.54) is 11.0 Å². The Morgan fingerprint density at radius 3 is 2.31 bits per heavy atom. The fraction of sp³-hybridized carbons (Fsp3) is 0.513. The summed E-state index contributed by atoms with van der Waals surface area (Å²) < 4.78 is 0. The molecule has 3 aliphatic rings. The van der Waals surface area contributed by atoms with Crippen molar-refractivity contribution < 1.29 is 33.6 Å². The van der Waals surface area contributed by atoms with Gasteiger partial charge in [-0.05, 0) is 28.9 Å². The van der Waals surface area contributed by atoms with E-state index >= 15 is 0 Å². The van der Waals surface area contributed by atoms with Crippen LogP contribution in [-0.4, -0.2) is 95.0 Å². The maximum atomic E-state index is 14.3. The Morgan fingerprint density at radius 1 is 1.02 bits per heavy atom. The van der Waals surface area contributed by atoms with Crippen LogP contribution in [0, 0.1) is 35.0 Å². The van der Waals surface area contributed by atoms with E-state index in [1.807, 2.05) is 20.8 Å². The van der Waals surface area contributed by atoms with Gasteiger partial charge in [-0.25, -0.2) is 4.79 Å². The smallest absolute Gasteiger partial charge is 0.315 e. The van der Waals surface area contributed by atoms with Gasteiger partial charge in [-0.2, -0.15) is 0 Å². The number of carbonyl (C=O) groups is 7. The number of Topliss-reactive ketones (excluding diaryl/α,β-unsaturated/α-hetero) is 1. The van der Waals surface area contributed by atoms with Gasteiger partial charge in [0.05, 0.1) is 18.5 Å². The number of ketones is 1. The molecule has 1 aliphatic carbocycles. The minimum Gasteiger partial charge on any atom is -0.346 e. The third-order valence-corrected chi connectivity index (χ3v) is 9.93. The molecule has 0 radical (unpaired) electrons. The van der Waals surface area contributed by atoms with Crippen LogP contribution in [0.2, 0.25) is 0 Å². The van der Waals surface area contributed by atoms with Crippen molar-refractivity contribution in [1.82, 2.24) is 31.1 Å². The zero-order valence-corrected chi connectivity index (χ0v) is 30.8. The van der Waals surface area contributed by atoms with Gasteiger partial charge in [-0.3, -0.25) is 33.7 Å². The third kappa shape index (κ3) is 8.61. The number of urea groups is 1. The van der Waals surface area contributed by atoms with Crippen molar-refractivity contribution >= 4 is 41.4 Å². The molecule has 2 aliphatic heterocycles. The summed E-state index contributed by atoms with van der Waals surface area (Å²) >= 11 is 0. The molecule has 13 heteroatoms. The number of rotatable bonds is 13. The molecular weight excluding hydrogens is 664 g/mol. The fourth-order valence-corrected chi connectivity index (χ4v) is 6.72. The molecular formula is C39H50N6O7. The number of nitrogens with one attached hydrogen (secondary N) is 4. The predicted molar refractivity (Wildman–Crippen MR) is 194 cm³/mol. The van der Waals surface area contributed by atoms with Crippen molar-refractivity contribution in [3.8, 4) is 12.3 Å². The van der Waals surface area contributed by atoms with Crippen LogP contribution in [0.3, 0.4) is 0 Å². The van der Waals surface area contributed by atoms with E-state index in [9.17, 15) is 33.6 Å². The lowest BCUT2D eigenvalue weighted by atomic mass is 9.85. The highest BCUT2D eigenvalue weighted by molar-refractivity contribution is 6.38. The van der Waals surface area contributed by atoms with Crippen LogP contribution in [0.15, 0.2) is 49.1 Å². The lowest BCUT2D eigenvalue weighted by Crippen LogP contribution is -2.62. The summed E-state index contributed by atoms with van der Waals surface area (Å²) in [6.45, 7) is 18.7. The number of likely N-dealkylation sites (tertiary alicyclic amines) is 1. The first-order valence-corrected chi connectivity index (χ1v) is 17.5. The van der Waals surface area contributed by atoms with E-state index in [0.29, 0.717) is 11.1 Å². The van der Waals surface area contributed by atoms with Crippen LogP contribution in [-0.2, 0) is 30.4 Å². The average Bonchev–Trinajstić information content (AvgIpc) is 3.49. The second-order valence-electron chi connectivity index (χ2n) is 15.8. The molecule has 1 unspecified atom stereocenters. The molecule has 278 valence electrons. The van der Waals surface area contributed by atoms with Gasteiger partial charge in [-0.1, -0.05) is 78.0 Å². The first kappa shape index (κ1) is 39.5. The van der Waals surface area contributed by atoms with Gasteiger partial charge in [-0.15, -0.1) is 18.9 Å². The van der Waals surface area contributed by atoms with Gasteiger partial charge >= 0.3 is 6.03 Å². The van der Waals surface area contributed by atoms with Crippen LogP contribution in [0.4, 0.5) is 4.79 Å². The number of hydrogen-bond donors (Lipinski definition) is 4. The summed E-state index contributed by atoms with van der Waals surface area (Å²) in [5.74, 6) is -1.80. The van der Waals surface area contributed by atoms with Gasteiger partial charge in [0.15, 0.2) is 0 Å². The first-order chi connectivity index (χ1) is 24.3. The van der Waals surface area contributed by atoms with Gasteiger partial charge in [0, 0.05) is 43.5 Å². The van der Waals surface area contributed by atoms with Crippen LogP contribution in [0.25, 0.3) is 0 Å². The topological polar surface area (TPSA) is 174 Å². The molecule has 2 fully saturated rings. The zero-order valence-electron chi connectivity index (χ0n) is 30.8. The van der Waals surface area contributed by atoms with Gasteiger partial charge in [0.1, 0.15) is 12.1 Å². The number of amides is 7. The second kappa shape index (κ2) is 15.6. The maximum absolute atomic E-state index is 14.3. The number of carbonyl (C=O) groups excluding carboxylic acids is 7. The fourth-order valence-electron chi connectivity index (χ4n) is 6.72. The molecule has 52 heavy (non-hydrogen) atoms. The van der Waals surface area contributed by atoms with Gasteiger partial charge in [0.2, 0.25) is 23.5 Å². The van der Waals surface area contributed by atoms with Gasteiger partial charge in [0.25, 0.3) is 11.8 Å². The van der Waals surface area contributed by atoms with Crippen molar-refractivity contribution in [3.63, 3.8) is 0 Å². The van der Waals surface area contributed by atoms with E-state index in [-0.39, 0.29) is 56.6 Å². The Morgan fingerprint density at radius 2 is 1.69 bits per heavy atom. The summed E-state index contributed by atoms with van der Waals surface area (Å²) in [6, 6.07) is 2.18. The Labute approximate surface area is 305 Å². The molecule has 13 nitrogen and oxygen atoms in total. The van der Waals surface area contributed by atoms with Gasteiger partial charge < -0.3 is 26.2 Å². The number of fused-ring (bicyclic) bond motifs is 2. The maximum Gasteiger partial charge on any atom is 0.315 e. The van der Waals surface area contributed by atoms with E-state index in [1.54, 1.807) is 45.0 Å². The molecule has 0 bridgehead atoms. The zero-order chi connectivity index (χ0) is 38.7. The van der Waals surface area contributed by atoms with E-state index in [4.69, 9.17) is 6.42 Å².